The molecule has 0 saturated carbocycles. The number of benzene rings is 2. The van der Waals surface area contributed by atoms with Gasteiger partial charge in [-0.3, -0.25) is 9.36 Å². The quantitative estimate of drug-likeness (QED) is 0.365. The topological polar surface area (TPSA) is 131 Å². The number of carbonyl (C=O) groups is 1. The Morgan fingerprint density at radius 3 is 2.38 bits per heavy atom. The summed E-state index contributed by atoms with van der Waals surface area (Å²) in [4.78, 5) is 11.8. The molecule has 11 heteroatoms. The highest BCUT2D eigenvalue weighted by Gasteiger charge is 2.46. The van der Waals surface area contributed by atoms with Gasteiger partial charge in [0.05, 0.1) is 6.61 Å². The number of ether oxygens (including phenoxy) is 2. The van der Waals surface area contributed by atoms with E-state index in [9.17, 15) is 20.1 Å². The van der Waals surface area contributed by atoms with Gasteiger partial charge in [-0.15, -0.1) is 0 Å². The Morgan fingerprint density at radius 1 is 1.12 bits per heavy atom. The van der Waals surface area contributed by atoms with Crippen LogP contribution in [-0.2, 0) is 16.1 Å². The molecule has 0 bridgehead atoms. The van der Waals surface area contributed by atoms with Crippen molar-refractivity contribution in [3.63, 3.8) is 0 Å². The van der Waals surface area contributed by atoms with Crippen molar-refractivity contribution in [3.05, 3.63) is 71.3 Å². The van der Waals surface area contributed by atoms with Gasteiger partial charge in [0, 0.05) is 12.6 Å². The fourth-order valence-electron chi connectivity index (χ4n) is 3.88. The van der Waals surface area contributed by atoms with Crippen molar-refractivity contribution in [1.82, 2.24) is 19.7 Å². The van der Waals surface area contributed by atoms with Gasteiger partial charge in [0.1, 0.15) is 36.7 Å². The molecular formula is C23H26N4O6S. The predicted octanol–water partition coefficient (Wildman–Crippen LogP) is 1.10. The van der Waals surface area contributed by atoms with E-state index in [4.69, 9.17) is 21.7 Å². The van der Waals surface area contributed by atoms with Crippen molar-refractivity contribution < 1.29 is 29.6 Å². The Bertz CT molecular complexity index is 1170. The van der Waals surface area contributed by atoms with Crippen LogP contribution in [0.2, 0.25) is 0 Å². The average molecular weight is 487 g/mol. The summed E-state index contributed by atoms with van der Waals surface area (Å²) in [6.07, 6.45) is -5.03. The molecule has 1 amide bonds. The summed E-state index contributed by atoms with van der Waals surface area (Å²) >= 11 is 5.72. The number of rotatable bonds is 7. The van der Waals surface area contributed by atoms with E-state index in [1.54, 1.807) is 4.57 Å². The minimum absolute atomic E-state index is 0.0711. The van der Waals surface area contributed by atoms with Crippen molar-refractivity contribution in [2.45, 2.75) is 44.1 Å². The second-order valence-corrected chi connectivity index (χ2v) is 8.24. The molecule has 1 aliphatic heterocycles. The Balaban J connectivity index is 1.77. The first-order valence-corrected chi connectivity index (χ1v) is 11.1. The first kappa shape index (κ1) is 24.0. The third-order valence-electron chi connectivity index (χ3n) is 5.51. The molecule has 1 fully saturated rings. The van der Waals surface area contributed by atoms with Crippen LogP contribution in [0.25, 0.3) is 5.69 Å². The van der Waals surface area contributed by atoms with E-state index in [1.165, 1.54) is 11.6 Å². The largest absolute Gasteiger partial charge is 0.486 e. The molecule has 4 N–H and O–H groups in total. The molecule has 0 spiro atoms. The van der Waals surface area contributed by atoms with Crippen LogP contribution in [0.15, 0.2) is 60.7 Å². The van der Waals surface area contributed by atoms with Crippen LogP contribution in [0, 0.1) is 4.77 Å². The van der Waals surface area contributed by atoms with Crippen molar-refractivity contribution in [2.75, 3.05) is 6.61 Å². The lowest BCUT2D eigenvalue weighted by molar-refractivity contribution is -0.219. The number of carbonyl (C=O) groups excluding carboxylic acids is 1. The maximum absolute atomic E-state index is 11.8. The SMILES string of the molecule is CC(=O)N[C@@H]1[C@@H](O)[C@H](O)[C@H](CO)O[C@@H]1n1nc(COc2ccccc2)n(-c2ccccc2)c1=S. The molecule has 0 radical (unpaired) electrons. The molecule has 0 aliphatic carbocycles. The molecule has 5 atom stereocenters. The second kappa shape index (κ2) is 10.5. The lowest BCUT2D eigenvalue weighted by atomic mass is 9.96. The summed E-state index contributed by atoms with van der Waals surface area (Å²) in [6.45, 7) is 0.815. The van der Waals surface area contributed by atoms with E-state index in [-0.39, 0.29) is 11.4 Å². The Morgan fingerprint density at radius 2 is 1.76 bits per heavy atom. The molecule has 1 aromatic heterocycles. The number of aliphatic hydroxyl groups excluding tert-OH is 3. The molecule has 2 aromatic carbocycles. The maximum Gasteiger partial charge on any atom is 0.217 e. The molecule has 4 rings (SSSR count). The first-order chi connectivity index (χ1) is 16.4. The molecule has 0 unspecified atom stereocenters. The van der Waals surface area contributed by atoms with Gasteiger partial charge in [-0.1, -0.05) is 36.4 Å². The predicted molar refractivity (Wildman–Crippen MR) is 124 cm³/mol. The van der Waals surface area contributed by atoms with Crippen LogP contribution in [0.4, 0.5) is 0 Å². The Kier molecular flexibility index (Phi) is 7.39. The van der Waals surface area contributed by atoms with E-state index < -0.39 is 43.1 Å². The van der Waals surface area contributed by atoms with E-state index in [0.717, 1.165) is 5.69 Å². The normalized spacial score (nSPS) is 24.5. The van der Waals surface area contributed by atoms with E-state index >= 15 is 0 Å². The number of hydrogen-bond donors (Lipinski definition) is 4. The Labute approximate surface area is 201 Å². The first-order valence-electron chi connectivity index (χ1n) is 10.7. The standard InChI is InChI=1S/C23H26N4O6S/c1-14(29)24-19-21(31)20(30)17(12-28)33-22(19)27-23(34)26(15-8-4-2-5-9-15)18(25-27)13-32-16-10-6-3-7-11-16/h2-11,17,19-22,28,30-31H,12-13H2,1H3,(H,24,29)/t17-,19+,20+,21+,22-/m0/s1. The summed E-state index contributed by atoms with van der Waals surface area (Å²) < 4.78 is 15.0. The zero-order valence-electron chi connectivity index (χ0n) is 18.4. The minimum atomic E-state index is -1.42. The molecule has 2 heterocycles. The fraction of sp³-hybridized carbons (Fsp3) is 0.348. The number of para-hydroxylation sites is 2. The van der Waals surface area contributed by atoms with Gasteiger partial charge >= 0.3 is 0 Å². The van der Waals surface area contributed by atoms with E-state index in [0.29, 0.717) is 11.6 Å². The van der Waals surface area contributed by atoms with Gasteiger partial charge in [0.2, 0.25) is 10.7 Å². The third kappa shape index (κ3) is 4.88. The highest BCUT2D eigenvalue weighted by Crippen LogP contribution is 2.29. The lowest BCUT2D eigenvalue weighted by Crippen LogP contribution is -2.62. The van der Waals surface area contributed by atoms with Gasteiger partial charge in [-0.05, 0) is 36.5 Å². The van der Waals surface area contributed by atoms with E-state index in [2.05, 4.69) is 10.4 Å². The highest BCUT2D eigenvalue weighted by atomic mass is 32.1. The monoisotopic (exact) mass is 486 g/mol. The molecular weight excluding hydrogens is 460 g/mol. The fourth-order valence-corrected chi connectivity index (χ4v) is 4.24. The van der Waals surface area contributed by atoms with Gasteiger partial charge in [-0.2, -0.15) is 5.10 Å². The number of aromatic nitrogens is 3. The van der Waals surface area contributed by atoms with Gasteiger partial charge in [-0.25, -0.2) is 4.68 Å². The maximum atomic E-state index is 11.8. The molecule has 1 aliphatic rings. The van der Waals surface area contributed by atoms with Crippen LogP contribution < -0.4 is 10.1 Å². The summed E-state index contributed by atoms with van der Waals surface area (Å²) in [5.41, 5.74) is 0.733. The summed E-state index contributed by atoms with van der Waals surface area (Å²) in [5, 5.41) is 37.9. The highest BCUT2D eigenvalue weighted by molar-refractivity contribution is 7.71. The summed E-state index contributed by atoms with van der Waals surface area (Å²) in [7, 11) is 0. The van der Waals surface area contributed by atoms with Crippen molar-refractivity contribution in [2.24, 2.45) is 0 Å². The number of nitrogens with one attached hydrogen (secondary N) is 1. The average Bonchev–Trinajstić information content (AvgIpc) is 3.17. The van der Waals surface area contributed by atoms with Gasteiger partial charge < -0.3 is 30.1 Å². The smallest absolute Gasteiger partial charge is 0.217 e. The molecule has 3 aromatic rings. The van der Waals surface area contributed by atoms with Gasteiger partial charge in [0.25, 0.3) is 0 Å². The molecule has 10 nitrogen and oxygen atoms in total. The molecule has 180 valence electrons. The second-order valence-electron chi connectivity index (χ2n) is 7.87. The Hall–Kier alpha value is -3.09. The number of nitrogens with zero attached hydrogens (tertiary/aromatic N) is 3. The minimum Gasteiger partial charge on any atom is -0.486 e. The zero-order chi connectivity index (χ0) is 24.2. The van der Waals surface area contributed by atoms with Crippen molar-refractivity contribution in [3.8, 4) is 11.4 Å². The lowest BCUT2D eigenvalue weighted by Gasteiger charge is -2.42. The van der Waals surface area contributed by atoms with Gasteiger partial charge in [0.15, 0.2) is 12.1 Å². The van der Waals surface area contributed by atoms with Crippen LogP contribution in [0.1, 0.15) is 19.0 Å². The third-order valence-corrected chi connectivity index (χ3v) is 5.87. The van der Waals surface area contributed by atoms with Crippen LogP contribution in [0.5, 0.6) is 5.75 Å². The summed E-state index contributed by atoms with van der Waals surface area (Å²) in [6, 6.07) is 17.5. The van der Waals surface area contributed by atoms with Crippen LogP contribution in [-0.4, -0.2) is 66.5 Å². The molecule has 1 saturated heterocycles. The number of amides is 1. The van der Waals surface area contributed by atoms with Crippen molar-refractivity contribution in [1.29, 1.82) is 0 Å². The molecule has 34 heavy (non-hydrogen) atoms. The number of hydrogen-bond acceptors (Lipinski definition) is 8. The van der Waals surface area contributed by atoms with Crippen molar-refractivity contribution >= 4 is 18.1 Å². The van der Waals surface area contributed by atoms with Crippen LogP contribution in [0.3, 0.4) is 0 Å². The van der Waals surface area contributed by atoms with E-state index in [1.807, 2.05) is 60.7 Å². The summed E-state index contributed by atoms with van der Waals surface area (Å²) in [5.74, 6) is 0.659. The number of aliphatic hydroxyl groups is 3. The van der Waals surface area contributed by atoms with Crippen LogP contribution >= 0.6 is 12.2 Å². The zero-order valence-corrected chi connectivity index (χ0v) is 19.2.